The minimum Gasteiger partial charge on any atom is -0.776 e. The number of benzene rings is 1. The van der Waals surface area contributed by atoms with Crippen molar-refractivity contribution in [3.63, 3.8) is 0 Å². The molecule has 0 spiro atoms. The van der Waals surface area contributed by atoms with Gasteiger partial charge < -0.3 is 25.0 Å². The maximum Gasteiger partial charge on any atom is 0.323 e. The lowest BCUT2D eigenvalue weighted by molar-refractivity contribution is -0.137. The summed E-state index contributed by atoms with van der Waals surface area (Å²) in [6.45, 7) is 1.61. The number of carbonyl (C=O) groups excluding carboxylic acids is 1. The first-order valence-corrected chi connectivity index (χ1v) is 8.05. The van der Waals surface area contributed by atoms with Crippen molar-refractivity contribution in [3.05, 3.63) is 40.6 Å². The maximum absolute atomic E-state index is 12.1. The molecule has 0 radical (unpaired) electrons. The van der Waals surface area contributed by atoms with Crippen molar-refractivity contribution in [3.8, 4) is 0 Å². The van der Waals surface area contributed by atoms with Crippen LogP contribution in [0, 0.1) is 12.1 Å². The number of rotatable bonds is 8. The molecule has 7 nitrogen and oxygen atoms in total. The van der Waals surface area contributed by atoms with Gasteiger partial charge in [0, 0.05) is 18.8 Å². The van der Waals surface area contributed by atoms with Crippen LogP contribution >= 0.6 is 11.9 Å². The molecule has 0 aliphatic rings. The van der Waals surface area contributed by atoms with Gasteiger partial charge in [0.15, 0.2) is 0 Å². The molecule has 0 saturated heterocycles. The van der Waals surface area contributed by atoms with Crippen LogP contribution in [-0.4, -0.2) is 58.9 Å². The molecule has 0 aliphatic heterocycles. The van der Waals surface area contributed by atoms with Gasteiger partial charge >= 0.3 is 12.0 Å². The zero-order valence-electron chi connectivity index (χ0n) is 13.5. The number of hydrogen-bond donors (Lipinski definition) is 2. The lowest BCUT2D eigenvalue weighted by Gasteiger charge is -2.27. The zero-order chi connectivity index (χ0) is 17.4. The summed E-state index contributed by atoms with van der Waals surface area (Å²) in [5.74, 6) is -0.673. The van der Waals surface area contributed by atoms with E-state index in [9.17, 15) is 14.8 Å². The Labute approximate surface area is 140 Å². The number of carboxylic acids is 1. The first-order chi connectivity index (χ1) is 10.8. The smallest absolute Gasteiger partial charge is 0.323 e. The van der Waals surface area contributed by atoms with E-state index in [-0.39, 0.29) is 12.6 Å². The first-order valence-electron chi connectivity index (χ1n) is 7.11. The number of likely N-dealkylation sites (N-methyl/N-ethyl adjacent to an activating group) is 1. The van der Waals surface area contributed by atoms with Crippen molar-refractivity contribution in [2.75, 3.05) is 26.4 Å². The number of carbonyl (C=O) groups is 2. The maximum atomic E-state index is 12.1. The van der Waals surface area contributed by atoms with E-state index in [1.807, 2.05) is 31.2 Å². The predicted molar refractivity (Wildman–Crippen MR) is 91.1 cm³/mol. The SMILES string of the molecule is Cc1ccccc1C[C@H](CSN(C)[O-])NC(=O)N(C)CC(=O)O. The van der Waals surface area contributed by atoms with Crippen LogP contribution < -0.4 is 5.32 Å². The van der Waals surface area contributed by atoms with Crippen LogP contribution in [0.3, 0.4) is 0 Å². The predicted octanol–water partition coefficient (Wildman–Crippen LogP) is 1.71. The Kier molecular flexibility index (Phi) is 7.87. The summed E-state index contributed by atoms with van der Waals surface area (Å²) in [5.41, 5.74) is 2.18. The van der Waals surface area contributed by atoms with Gasteiger partial charge in [-0.3, -0.25) is 4.79 Å². The van der Waals surface area contributed by atoms with Crippen LogP contribution in [0.5, 0.6) is 0 Å². The summed E-state index contributed by atoms with van der Waals surface area (Å²) < 4.78 is 0.734. The van der Waals surface area contributed by atoms with Crippen molar-refractivity contribution >= 4 is 23.9 Å². The molecule has 1 aromatic rings. The fraction of sp³-hybridized carbons (Fsp3) is 0.467. The molecule has 0 fully saturated rings. The number of aryl methyl sites for hydroxylation is 1. The van der Waals surface area contributed by atoms with Gasteiger partial charge in [-0.05, 0) is 31.5 Å². The van der Waals surface area contributed by atoms with E-state index in [2.05, 4.69) is 5.32 Å². The number of hydrogen-bond acceptors (Lipinski definition) is 5. The van der Waals surface area contributed by atoms with Crippen molar-refractivity contribution in [1.82, 2.24) is 14.7 Å². The Morgan fingerprint density at radius 1 is 1.35 bits per heavy atom. The average Bonchev–Trinajstić information content (AvgIpc) is 2.46. The van der Waals surface area contributed by atoms with E-state index in [0.29, 0.717) is 12.2 Å². The molecule has 0 aromatic heterocycles. The Bertz CT molecular complexity index is 539. The van der Waals surface area contributed by atoms with Crippen LogP contribution in [0.4, 0.5) is 4.79 Å². The Hall–Kier alpha value is -1.77. The summed E-state index contributed by atoms with van der Waals surface area (Å²) in [6, 6.07) is 7.07. The highest BCUT2D eigenvalue weighted by molar-refractivity contribution is 7.97. The number of nitrogens with one attached hydrogen (secondary N) is 1. The molecule has 2 N–H and O–H groups in total. The van der Waals surface area contributed by atoms with Crippen molar-refractivity contribution in [1.29, 1.82) is 0 Å². The molecular formula is C15H22N3O4S-. The Morgan fingerprint density at radius 3 is 2.57 bits per heavy atom. The second-order valence-electron chi connectivity index (χ2n) is 5.26. The van der Waals surface area contributed by atoms with Gasteiger partial charge in [0.25, 0.3) is 0 Å². The number of urea groups is 1. The van der Waals surface area contributed by atoms with Crippen LogP contribution in [0.1, 0.15) is 11.1 Å². The van der Waals surface area contributed by atoms with Gasteiger partial charge in [0.05, 0.1) is 0 Å². The topological polar surface area (TPSA) is 95.9 Å². The molecule has 23 heavy (non-hydrogen) atoms. The van der Waals surface area contributed by atoms with Gasteiger partial charge in [-0.1, -0.05) is 36.2 Å². The van der Waals surface area contributed by atoms with Gasteiger partial charge in [0.1, 0.15) is 6.54 Å². The van der Waals surface area contributed by atoms with Crippen LogP contribution in [-0.2, 0) is 11.2 Å². The number of nitrogens with zero attached hydrogens (tertiary/aromatic N) is 2. The Balaban J connectivity index is 2.74. The number of aliphatic carboxylic acids is 1. The lowest BCUT2D eigenvalue weighted by atomic mass is 10.0. The summed E-state index contributed by atoms with van der Waals surface area (Å²) in [5, 5.41) is 22.6. The molecule has 0 saturated carbocycles. The Morgan fingerprint density at radius 2 is 2.00 bits per heavy atom. The van der Waals surface area contributed by atoms with Crippen molar-refractivity contribution in [2.45, 2.75) is 19.4 Å². The highest BCUT2D eigenvalue weighted by Crippen LogP contribution is 2.14. The van der Waals surface area contributed by atoms with E-state index in [1.54, 1.807) is 0 Å². The molecule has 128 valence electrons. The number of amides is 2. The number of carboxylic acid groups (broad SMARTS) is 1. The summed E-state index contributed by atoms with van der Waals surface area (Å²) in [7, 11) is 2.81. The molecule has 0 unspecified atom stereocenters. The second kappa shape index (κ2) is 9.39. The molecule has 8 heteroatoms. The molecule has 1 rings (SSSR count). The van der Waals surface area contributed by atoms with Gasteiger partial charge in [-0.25, -0.2) is 4.79 Å². The molecule has 1 atom stereocenters. The van der Waals surface area contributed by atoms with Crippen molar-refractivity contribution in [2.24, 2.45) is 0 Å². The van der Waals surface area contributed by atoms with E-state index < -0.39 is 12.0 Å². The minimum atomic E-state index is -1.08. The highest BCUT2D eigenvalue weighted by atomic mass is 32.2. The summed E-state index contributed by atoms with van der Waals surface area (Å²) in [6.07, 6.45) is 0.570. The monoisotopic (exact) mass is 340 g/mol. The van der Waals surface area contributed by atoms with Crippen LogP contribution in [0.25, 0.3) is 0 Å². The minimum absolute atomic E-state index is 0.277. The molecule has 1 aromatic carbocycles. The zero-order valence-corrected chi connectivity index (χ0v) is 14.3. The lowest BCUT2D eigenvalue weighted by Crippen LogP contribution is -2.46. The molecule has 0 bridgehead atoms. The molecular weight excluding hydrogens is 318 g/mol. The van der Waals surface area contributed by atoms with E-state index in [1.165, 1.54) is 14.1 Å². The fourth-order valence-electron chi connectivity index (χ4n) is 2.01. The third-order valence-corrected chi connectivity index (χ3v) is 4.15. The molecule has 2 amide bonds. The second-order valence-corrected chi connectivity index (χ2v) is 6.37. The average molecular weight is 340 g/mol. The van der Waals surface area contributed by atoms with Crippen molar-refractivity contribution < 1.29 is 14.7 Å². The van der Waals surface area contributed by atoms with Crippen LogP contribution in [0.15, 0.2) is 24.3 Å². The van der Waals surface area contributed by atoms with E-state index in [4.69, 9.17) is 5.11 Å². The summed E-state index contributed by atoms with van der Waals surface area (Å²) >= 11 is 1.06. The van der Waals surface area contributed by atoms with E-state index in [0.717, 1.165) is 32.4 Å². The normalized spacial score (nSPS) is 12.0. The largest absolute Gasteiger partial charge is 0.776 e. The fourth-order valence-corrected chi connectivity index (χ4v) is 2.60. The quantitative estimate of drug-likeness (QED) is 0.552. The molecule has 0 heterocycles. The number of hydroxylamine groups is 1. The van der Waals surface area contributed by atoms with Gasteiger partial charge in [0.2, 0.25) is 0 Å². The van der Waals surface area contributed by atoms with E-state index >= 15 is 0 Å². The first kappa shape index (κ1) is 19.3. The highest BCUT2D eigenvalue weighted by Gasteiger charge is 2.18. The third-order valence-electron chi connectivity index (χ3n) is 3.23. The van der Waals surface area contributed by atoms with Crippen LogP contribution in [0.2, 0.25) is 0 Å². The molecule has 0 aliphatic carbocycles. The van der Waals surface area contributed by atoms with Gasteiger partial charge in [-0.15, -0.1) is 0 Å². The third kappa shape index (κ3) is 7.36. The summed E-state index contributed by atoms with van der Waals surface area (Å²) in [4.78, 5) is 23.8. The standard InChI is InChI=1S/C15H22N3O4S/c1-11-6-4-5-7-12(11)8-13(10-23-18(3)22)16-15(21)17(2)9-14(19)20/h4-7,13H,8-10H2,1-3H3,(H,16,21)(H,19,20)/q-1/t13-/m1/s1. The van der Waals surface area contributed by atoms with Gasteiger partial charge in [-0.2, -0.15) is 0 Å².